The molecule has 0 unspecified atom stereocenters. The molecule has 4 rings (SSSR count). The van der Waals surface area contributed by atoms with Crippen LogP contribution in [0.3, 0.4) is 0 Å². The van der Waals surface area contributed by atoms with E-state index in [1.807, 2.05) is 18.2 Å². The number of hydrogen-bond acceptors (Lipinski definition) is 6. The SMILES string of the molecule is CCOC(=O)c1ccc(Oc2c(C)oc3cc(OCc4ccccc4Cl)ccc3c2=O)cc1. The number of carbonyl (C=O) groups excluding carboxylic acids is 1. The van der Waals surface area contributed by atoms with Crippen molar-refractivity contribution in [1.82, 2.24) is 0 Å². The normalized spacial score (nSPS) is 10.8. The number of rotatable bonds is 7. The van der Waals surface area contributed by atoms with Crippen LogP contribution in [0.25, 0.3) is 11.0 Å². The highest BCUT2D eigenvalue weighted by Crippen LogP contribution is 2.28. The zero-order chi connectivity index (χ0) is 23.4. The summed E-state index contributed by atoms with van der Waals surface area (Å²) in [4.78, 5) is 24.8. The standard InChI is InChI=1S/C26H21ClO6/c1-3-30-26(29)17-8-10-19(11-9-17)33-25-16(2)32-23-14-20(12-13-21(23)24(25)28)31-15-18-6-4-5-7-22(18)27/h4-14H,3,15H2,1-2H3. The van der Waals surface area contributed by atoms with Crippen LogP contribution >= 0.6 is 11.6 Å². The van der Waals surface area contributed by atoms with Gasteiger partial charge in [0.15, 0.2) is 0 Å². The molecule has 0 saturated heterocycles. The summed E-state index contributed by atoms with van der Waals surface area (Å²) in [5.74, 6) is 0.935. The molecule has 0 aliphatic heterocycles. The number of hydrogen-bond donors (Lipinski definition) is 0. The first-order chi connectivity index (χ1) is 16.0. The van der Waals surface area contributed by atoms with Gasteiger partial charge in [-0.1, -0.05) is 29.8 Å². The number of carbonyl (C=O) groups is 1. The van der Waals surface area contributed by atoms with Crippen molar-refractivity contribution in [2.75, 3.05) is 6.61 Å². The monoisotopic (exact) mass is 464 g/mol. The van der Waals surface area contributed by atoms with E-state index in [4.69, 9.17) is 30.2 Å². The molecule has 0 amide bonds. The van der Waals surface area contributed by atoms with Crippen molar-refractivity contribution in [3.63, 3.8) is 0 Å². The first-order valence-electron chi connectivity index (χ1n) is 10.3. The Kier molecular flexibility index (Phi) is 6.66. The fourth-order valence-electron chi connectivity index (χ4n) is 3.24. The molecule has 168 valence electrons. The van der Waals surface area contributed by atoms with Gasteiger partial charge in [-0.25, -0.2) is 4.79 Å². The van der Waals surface area contributed by atoms with Crippen LogP contribution in [0.5, 0.6) is 17.2 Å². The highest BCUT2D eigenvalue weighted by molar-refractivity contribution is 6.31. The predicted molar refractivity (Wildman–Crippen MR) is 125 cm³/mol. The minimum absolute atomic E-state index is 0.0797. The van der Waals surface area contributed by atoms with E-state index in [0.717, 1.165) is 5.56 Å². The van der Waals surface area contributed by atoms with E-state index in [1.54, 1.807) is 62.4 Å². The van der Waals surface area contributed by atoms with E-state index in [-0.39, 0.29) is 17.8 Å². The third kappa shape index (κ3) is 5.02. The summed E-state index contributed by atoms with van der Waals surface area (Å²) in [5.41, 5.74) is 1.34. The first kappa shape index (κ1) is 22.4. The lowest BCUT2D eigenvalue weighted by atomic mass is 10.2. The second kappa shape index (κ2) is 9.79. The van der Waals surface area contributed by atoms with Crippen LogP contribution in [0.1, 0.15) is 28.6 Å². The average molecular weight is 465 g/mol. The number of halogens is 1. The van der Waals surface area contributed by atoms with Gasteiger partial charge in [-0.3, -0.25) is 4.79 Å². The van der Waals surface area contributed by atoms with E-state index in [1.165, 1.54) is 0 Å². The van der Waals surface area contributed by atoms with Crippen molar-refractivity contribution >= 4 is 28.5 Å². The van der Waals surface area contributed by atoms with Crippen molar-refractivity contribution in [3.05, 3.63) is 98.9 Å². The Hall–Kier alpha value is -3.77. The zero-order valence-corrected chi connectivity index (χ0v) is 18.8. The van der Waals surface area contributed by atoms with Crippen molar-refractivity contribution in [2.24, 2.45) is 0 Å². The minimum Gasteiger partial charge on any atom is -0.489 e. The Bertz CT molecular complexity index is 1360. The van der Waals surface area contributed by atoms with E-state index in [2.05, 4.69) is 0 Å². The molecule has 3 aromatic carbocycles. The molecule has 0 aliphatic rings. The molecule has 6 nitrogen and oxygen atoms in total. The molecule has 33 heavy (non-hydrogen) atoms. The Morgan fingerprint density at radius 1 is 1.00 bits per heavy atom. The van der Waals surface area contributed by atoms with Gasteiger partial charge in [-0.05, 0) is 56.3 Å². The maximum Gasteiger partial charge on any atom is 0.338 e. The zero-order valence-electron chi connectivity index (χ0n) is 18.1. The maximum atomic E-state index is 13.0. The Balaban J connectivity index is 1.55. The molecule has 0 radical (unpaired) electrons. The molecule has 0 bridgehead atoms. The molecule has 0 N–H and O–H groups in total. The fraction of sp³-hybridized carbons (Fsp3) is 0.154. The lowest BCUT2D eigenvalue weighted by Gasteiger charge is -2.11. The Morgan fingerprint density at radius 2 is 1.73 bits per heavy atom. The molecule has 1 heterocycles. The van der Waals surface area contributed by atoms with Crippen LogP contribution in [0, 0.1) is 6.92 Å². The lowest BCUT2D eigenvalue weighted by Crippen LogP contribution is -2.08. The van der Waals surface area contributed by atoms with Gasteiger partial charge in [-0.2, -0.15) is 0 Å². The summed E-state index contributed by atoms with van der Waals surface area (Å²) >= 11 is 6.17. The number of aryl methyl sites for hydroxylation is 1. The first-order valence-corrected chi connectivity index (χ1v) is 10.7. The van der Waals surface area contributed by atoms with Gasteiger partial charge < -0.3 is 18.6 Å². The number of benzene rings is 3. The van der Waals surface area contributed by atoms with Gasteiger partial charge in [-0.15, -0.1) is 0 Å². The third-order valence-corrected chi connectivity index (χ3v) is 5.29. The van der Waals surface area contributed by atoms with Crippen LogP contribution < -0.4 is 14.9 Å². The highest BCUT2D eigenvalue weighted by Gasteiger charge is 2.15. The van der Waals surface area contributed by atoms with E-state index in [0.29, 0.717) is 45.4 Å². The third-order valence-electron chi connectivity index (χ3n) is 4.92. The minimum atomic E-state index is -0.419. The van der Waals surface area contributed by atoms with E-state index < -0.39 is 5.97 Å². The Labute approximate surface area is 195 Å². The molecular weight excluding hydrogens is 444 g/mol. The number of ether oxygens (including phenoxy) is 3. The number of fused-ring (bicyclic) bond motifs is 1. The van der Waals surface area contributed by atoms with Crippen molar-refractivity contribution < 1.29 is 23.4 Å². The van der Waals surface area contributed by atoms with Crippen molar-refractivity contribution in [1.29, 1.82) is 0 Å². The van der Waals surface area contributed by atoms with Gasteiger partial charge in [0, 0.05) is 16.7 Å². The molecule has 0 saturated carbocycles. The molecule has 1 aromatic heterocycles. The molecule has 0 fully saturated rings. The molecule has 0 aliphatic carbocycles. The van der Waals surface area contributed by atoms with Gasteiger partial charge in [0.05, 0.1) is 17.6 Å². The summed E-state index contributed by atoms with van der Waals surface area (Å²) in [7, 11) is 0. The molecular formula is C26H21ClO6. The van der Waals surface area contributed by atoms with Gasteiger partial charge in [0.25, 0.3) is 0 Å². The summed E-state index contributed by atoms with van der Waals surface area (Å²) < 4.78 is 22.4. The van der Waals surface area contributed by atoms with E-state index in [9.17, 15) is 9.59 Å². The topological polar surface area (TPSA) is 75.0 Å². The van der Waals surface area contributed by atoms with Gasteiger partial charge in [0.1, 0.15) is 29.4 Å². The van der Waals surface area contributed by atoms with Crippen LogP contribution in [-0.4, -0.2) is 12.6 Å². The summed E-state index contributed by atoms with van der Waals surface area (Å²) in [6, 6.07) is 18.8. The highest BCUT2D eigenvalue weighted by atomic mass is 35.5. The molecule has 7 heteroatoms. The summed E-state index contributed by atoms with van der Waals surface area (Å²) in [5, 5.41) is 0.988. The van der Waals surface area contributed by atoms with Crippen molar-refractivity contribution in [2.45, 2.75) is 20.5 Å². The molecule has 0 atom stereocenters. The van der Waals surface area contributed by atoms with Crippen molar-refractivity contribution in [3.8, 4) is 17.2 Å². The lowest BCUT2D eigenvalue weighted by molar-refractivity contribution is 0.0526. The Morgan fingerprint density at radius 3 is 2.45 bits per heavy atom. The second-order valence-electron chi connectivity index (χ2n) is 7.20. The second-order valence-corrected chi connectivity index (χ2v) is 7.61. The molecule has 4 aromatic rings. The van der Waals surface area contributed by atoms with Crippen LogP contribution in [-0.2, 0) is 11.3 Å². The fourth-order valence-corrected chi connectivity index (χ4v) is 3.43. The quantitative estimate of drug-likeness (QED) is 0.299. The average Bonchev–Trinajstić information content (AvgIpc) is 2.81. The largest absolute Gasteiger partial charge is 0.489 e. The number of esters is 1. The van der Waals surface area contributed by atoms with Crippen LogP contribution in [0.2, 0.25) is 5.02 Å². The van der Waals surface area contributed by atoms with Crippen LogP contribution in [0.4, 0.5) is 0 Å². The molecule has 0 spiro atoms. The summed E-state index contributed by atoms with van der Waals surface area (Å²) in [6.45, 7) is 3.98. The smallest absolute Gasteiger partial charge is 0.338 e. The summed E-state index contributed by atoms with van der Waals surface area (Å²) in [6.07, 6.45) is 0. The van der Waals surface area contributed by atoms with Crippen LogP contribution in [0.15, 0.2) is 75.9 Å². The van der Waals surface area contributed by atoms with Gasteiger partial charge >= 0.3 is 5.97 Å². The maximum absolute atomic E-state index is 13.0. The predicted octanol–water partition coefficient (Wildman–Crippen LogP) is 6.30. The van der Waals surface area contributed by atoms with Gasteiger partial charge in [0.2, 0.25) is 11.2 Å². The van der Waals surface area contributed by atoms with E-state index >= 15 is 0 Å².